The van der Waals surface area contributed by atoms with E-state index in [2.05, 4.69) is 27.0 Å². The van der Waals surface area contributed by atoms with Gasteiger partial charge in [-0.3, -0.25) is 0 Å². The molecule has 0 saturated carbocycles. The summed E-state index contributed by atoms with van der Waals surface area (Å²) in [5.41, 5.74) is 0. The zero-order chi connectivity index (χ0) is 9.80. The molecule has 2 heterocycles. The van der Waals surface area contributed by atoms with E-state index in [1.807, 2.05) is 0 Å². The third-order valence-electron chi connectivity index (χ3n) is 2.45. The Kier molecular flexibility index (Phi) is 3.10. The van der Waals surface area contributed by atoms with E-state index in [0.717, 1.165) is 38.5 Å². The van der Waals surface area contributed by atoms with Gasteiger partial charge in [-0.15, -0.1) is 10.2 Å². The molecule has 1 saturated heterocycles. The van der Waals surface area contributed by atoms with Crippen LogP contribution < -0.4 is 5.32 Å². The average molecular weight is 196 g/mol. The van der Waals surface area contributed by atoms with E-state index in [-0.39, 0.29) is 6.10 Å². The number of hydrogen-bond donors (Lipinski definition) is 1. The van der Waals surface area contributed by atoms with Crippen LogP contribution in [-0.2, 0) is 17.7 Å². The van der Waals surface area contributed by atoms with Crippen molar-refractivity contribution in [1.82, 2.24) is 20.1 Å². The molecule has 5 nitrogen and oxygen atoms in total. The number of aryl methyl sites for hydroxylation is 1. The molecule has 78 valence electrons. The van der Waals surface area contributed by atoms with Crippen molar-refractivity contribution in [3.63, 3.8) is 0 Å². The van der Waals surface area contributed by atoms with Gasteiger partial charge < -0.3 is 14.6 Å². The summed E-state index contributed by atoms with van der Waals surface area (Å²) in [4.78, 5) is 0. The highest BCUT2D eigenvalue weighted by atomic mass is 16.5. The van der Waals surface area contributed by atoms with Crippen LogP contribution in [0.3, 0.4) is 0 Å². The fourth-order valence-electron chi connectivity index (χ4n) is 1.66. The lowest BCUT2D eigenvalue weighted by Crippen LogP contribution is -2.40. The smallest absolute Gasteiger partial charge is 0.135 e. The lowest BCUT2D eigenvalue weighted by atomic mass is 10.2. The predicted molar refractivity (Wildman–Crippen MR) is 52.0 cm³/mol. The lowest BCUT2D eigenvalue weighted by molar-refractivity contribution is 0.0275. The van der Waals surface area contributed by atoms with Gasteiger partial charge in [0, 0.05) is 26.1 Å². The van der Waals surface area contributed by atoms with Gasteiger partial charge in [-0.05, 0) is 6.92 Å². The first-order chi connectivity index (χ1) is 6.90. The average Bonchev–Trinajstić information content (AvgIpc) is 2.67. The number of ether oxygens (including phenoxy) is 1. The SMILES string of the molecule is CCn1cnnc1CC1CNCCO1. The minimum Gasteiger partial charge on any atom is -0.375 e. The van der Waals surface area contributed by atoms with Crippen LogP contribution >= 0.6 is 0 Å². The molecule has 0 bridgehead atoms. The molecule has 1 aromatic rings. The summed E-state index contributed by atoms with van der Waals surface area (Å²) >= 11 is 0. The minimum absolute atomic E-state index is 0.248. The molecule has 14 heavy (non-hydrogen) atoms. The monoisotopic (exact) mass is 196 g/mol. The summed E-state index contributed by atoms with van der Waals surface area (Å²) in [6.45, 7) is 5.67. The Bertz CT molecular complexity index is 280. The topological polar surface area (TPSA) is 52.0 Å². The van der Waals surface area contributed by atoms with Gasteiger partial charge in [0.25, 0.3) is 0 Å². The molecule has 1 aliphatic rings. The summed E-state index contributed by atoms with van der Waals surface area (Å²) in [7, 11) is 0. The van der Waals surface area contributed by atoms with Gasteiger partial charge >= 0.3 is 0 Å². The zero-order valence-corrected chi connectivity index (χ0v) is 8.44. The second-order valence-corrected chi connectivity index (χ2v) is 3.43. The molecule has 0 aromatic carbocycles. The number of hydrogen-bond acceptors (Lipinski definition) is 4. The molecule has 0 amide bonds. The van der Waals surface area contributed by atoms with Crippen molar-refractivity contribution in [2.75, 3.05) is 19.7 Å². The Morgan fingerprint density at radius 3 is 3.36 bits per heavy atom. The largest absolute Gasteiger partial charge is 0.375 e. The van der Waals surface area contributed by atoms with Crippen LogP contribution in [0.25, 0.3) is 0 Å². The van der Waals surface area contributed by atoms with E-state index in [1.54, 1.807) is 6.33 Å². The van der Waals surface area contributed by atoms with Gasteiger partial charge in [0.15, 0.2) is 0 Å². The van der Waals surface area contributed by atoms with Crippen molar-refractivity contribution in [3.8, 4) is 0 Å². The van der Waals surface area contributed by atoms with Crippen molar-refractivity contribution in [3.05, 3.63) is 12.2 Å². The standard InChI is InChI=1S/C9H16N4O/c1-2-13-7-11-12-9(13)5-8-6-10-3-4-14-8/h7-8,10H,2-6H2,1H3. The summed E-state index contributed by atoms with van der Waals surface area (Å²) < 4.78 is 7.66. The highest BCUT2D eigenvalue weighted by Gasteiger charge is 2.16. The van der Waals surface area contributed by atoms with Crippen molar-refractivity contribution in [2.24, 2.45) is 0 Å². The van der Waals surface area contributed by atoms with E-state index >= 15 is 0 Å². The Morgan fingerprint density at radius 1 is 1.71 bits per heavy atom. The highest BCUT2D eigenvalue weighted by Crippen LogP contribution is 2.05. The molecular formula is C9H16N4O. The quantitative estimate of drug-likeness (QED) is 0.729. The summed E-state index contributed by atoms with van der Waals surface area (Å²) in [5.74, 6) is 1.02. The molecule has 1 aromatic heterocycles. The Morgan fingerprint density at radius 2 is 2.64 bits per heavy atom. The fourth-order valence-corrected chi connectivity index (χ4v) is 1.66. The molecule has 1 N–H and O–H groups in total. The molecule has 1 unspecified atom stereocenters. The number of morpholine rings is 1. The third kappa shape index (κ3) is 2.10. The molecule has 0 radical (unpaired) electrons. The van der Waals surface area contributed by atoms with E-state index in [1.165, 1.54) is 0 Å². The van der Waals surface area contributed by atoms with Gasteiger partial charge in [0.05, 0.1) is 12.7 Å². The zero-order valence-electron chi connectivity index (χ0n) is 8.44. The Hall–Kier alpha value is -0.940. The van der Waals surface area contributed by atoms with Crippen LogP contribution in [0.1, 0.15) is 12.7 Å². The molecule has 0 spiro atoms. The van der Waals surface area contributed by atoms with E-state index in [0.29, 0.717) is 0 Å². The molecule has 1 fully saturated rings. The number of nitrogens with zero attached hydrogens (tertiary/aromatic N) is 3. The maximum atomic E-state index is 5.61. The maximum Gasteiger partial charge on any atom is 0.135 e. The third-order valence-corrected chi connectivity index (χ3v) is 2.45. The van der Waals surface area contributed by atoms with Gasteiger partial charge in [0.1, 0.15) is 12.2 Å². The molecule has 1 atom stereocenters. The molecular weight excluding hydrogens is 180 g/mol. The van der Waals surface area contributed by atoms with Crippen LogP contribution in [0, 0.1) is 0 Å². The maximum absolute atomic E-state index is 5.61. The van der Waals surface area contributed by atoms with Crippen molar-refractivity contribution >= 4 is 0 Å². The van der Waals surface area contributed by atoms with Crippen molar-refractivity contribution in [2.45, 2.75) is 26.0 Å². The van der Waals surface area contributed by atoms with Crippen molar-refractivity contribution in [1.29, 1.82) is 0 Å². The number of rotatable bonds is 3. The van der Waals surface area contributed by atoms with E-state index in [4.69, 9.17) is 4.74 Å². The summed E-state index contributed by atoms with van der Waals surface area (Å²) in [6.07, 6.45) is 2.87. The normalized spacial score (nSPS) is 22.5. The van der Waals surface area contributed by atoms with Gasteiger partial charge in [0.2, 0.25) is 0 Å². The lowest BCUT2D eigenvalue weighted by Gasteiger charge is -2.23. The van der Waals surface area contributed by atoms with Gasteiger partial charge in [-0.1, -0.05) is 0 Å². The summed E-state index contributed by atoms with van der Waals surface area (Å²) in [6, 6.07) is 0. The molecule has 2 rings (SSSR count). The van der Waals surface area contributed by atoms with Gasteiger partial charge in [-0.25, -0.2) is 0 Å². The molecule has 1 aliphatic heterocycles. The van der Waals surface area contributed by atoms with Crippen LogP contribution in [-0.4, -0.2) is 40.6 Å². The number of aromatic nitrogens is 3. The van der Waals surface area contributed by atoms with Crippen LogP contribution in [0.2, 0.25) is 0 Å². The number of nitrogens with one attached hydrogen (secondary N) is 1. The van der Waals surface area contributed by atoms with E-state index in [9.17, 15) is 0 Å². The van der Waals surface area contributed by atoms with Gasteiger partial charge in [-0.2, -0.15) is 0 Å². The molecule has 0 aliphatic carbocycles. The second kappa shape index (κ2) is 4.52. The Labute approximate surface area is 83.5 Å². The van der Waals surface area contributed by atoms with Crippen LogP contribution in [0.5, 0.6) is 0 Å². The fraction of sp³-hybridized carbons (Fsp3) is 0.778. The first-order valence-electron chi connectivity index (χ1n) is 5.09. The van der Waals surface area contributed by atoms with Crippen LogP contribution in [0.15, 0.2) is 6.33 Å². The minimum atomic E-state index is 0.248. The highest BCUT2D eigenvalue weighted by molar-refractivity contribution is 4.89. The first-order valence-corrected chi connectivity index (χ1v) is 5.09. The molecule has 5 heteroatoms. The van der Waals surface area contributed by atoms with Crippen molar-refractivity contribution < 1.29 is 4.74 Å². The van der Waals surface area contributed by atoms with E-state index < -0.39 is 0 Å². The Balaban J connectivity index is 1.95. The predicted octanol–water partition coefficient (Wildman–Crippen LogP) is -0.171. The van der Waals surface area contributed by atoms with Crippen LogP contribution in [0.4, 0.5) is 0 Å². The second-order valence-electron chi connectivity index (χ2n) is 3.43. The summed E-state index contributed by atoms with van der Waals surface area (Å²) in [5, 5.41) is 11.3. The first kappa shape index (κ1) is 9.61.